The van der Waals surface area contributed by atoms with Crippen LogP contribution >= 0.6 is 0 Å². The van der Waals surface area contributed by atoms with E-state index in [1.807, 2.05) is 7.05 Å². The summed E-state index contributed by atoms with van der Waals surface area (Å²) in [6.07, 6.45) is 3.30. The van der Waals surface area contributed by atoms with E-state index in [4.69, 9.17) is 10.5 Å². The molecule has 0 heterocycles. The van der Waals surface area contributed by atoms with Gasteiger partial charge in [-0.3, -0.25) is 4.79 Å². The topological polar surface area (TPSA) is 67.6 Å². The third-order valence-corrected chi connectivity index (χ3v) is 2.74. The Bertz CT molecular complexity index is 219. The van der Waals surface area contributed by atoms with Crippen molar-refractivity contribution >= 4 is 5.91 Å². The fourth-order valence-corrected chi connectivity index (χ4v) is 1.64. The van der Waals surface area contributed by atoms with Crippen LogP contribution in [0.2, 0.25) is 0 Å². The summed E-state index contributed by atoms with van der Waals surface area (Å²) in [6.45, 7) is 2.35. The first-order chi connectivity index (χ1) is 7.63. The van der Waals surface area contributed by atoms with Gasteiger partial charge < -0.3 is 20.7 Å². The number of hydrogen-bond donors (Lipinski definition) is 2. The van der Waals surface area contributed by atoms with Gasteiger partial charge in [-0.25, -0.2) is 0 Å². The first-order valence-corrected chi connectivity index (χ1v) is 5.86. The first kappa shape index (κ1) is 13.4. The largest absolute Gasteiger partial charge is 0.385 e. The highest BCUT2D eigenvalue weighted by Crippen LogP contribution is 2.19. The lowest BCUT2D eigenvalue weighted by atomic mass is 10.2. The molecule has 0 saturated heterocycles. The van der Waals surface area contributed by atoms with Crippen LogP contribution in [0.25, 0.3) is 0 Å². The number of nitrogens with one attached hydrogen (secondary N) is 1. The predicted octanol–water partition coefficient (Wildman–Crippen LogP) is -0.439. The molecule has 0 aromatic heterocycles. The van der Waals surface area contributed by atoms with Gasteiger partial charge >= 0.3 is 0 Å². The summed E-state index contributed by atoms with van der Waals surface area (Å²) in [4.78, 5) is 13.4. The lowest BCUT2D eigenvalue weighted by Gasteiger charge is -2.22. The number of ether oxygens (including phenoxy) is 1. The Balaban J connectivity index is 2.20. The average molecular weight is 229 g/mol. The summed E-state index contributed by atoms with van der Waals surface area (Å²) in [5, 5.41) is 3.26. The molecule has 0 aliphatic heterocycles. The second-order valence-electron chi connectivity index (χ2n) is 4.50. The molecule has 16 heavy (non-hydrogen) atoms. The molecule has 1 saturated carbocycles. The van der Waals surface area contributed by atoms with Crippen LogP contribution in [0.5, 0.6) is 0 Å². The number of amides is 1. The number of primary amides is 1. The van der Waals surface area contributed by atoms with E-state index in [9.17, 15) is 4.79 Å². The minimum Gasteiger partial charge on any atom is -0.385 e. The van der Waals surface area contributed by atoms with Crippen LogP contribution in [0.3, 0.4) is 0 Å². The van der Waals surface area contributed by atoms with Crippen LogP contribution in [0.15, 0.2) is 0 Å². The van der Waals surface area contributed by atoms with Crippen molar-refractivity contribution in [1.29, 1.82) is 0 Å². The molecule has 5 nitrogen and oxygen atoms in total. The summed E-state index contributed by atoms with van der Waals surface area (Å²) < 4.78 is 4.99. The zero-order valence-corrected chi connectivity index (χ0v) is 10.2. The number of hydrogen-bond acceptors (Lipinski definition) is 4. The quantitative estimate of drug-likeness (QED) is 0.526. The summed E-state index contributed by atoms with van der Waals surface area (Å²) in [5.74, 6) is -0.259. The maximum atomic E-state index is 11.2. The predicted molar refractivity (Wildman–Crippen MR) is 63.1 cm³/mol. The molecule has 1 unspecified atom stereocenters. The molecular formula is C11H23N3O2. The Hall–Kier alpha value is -0.650. The standard InChI is InChI=1S/C11H23N3O2/c1-14(6-3-7-16-2)8-10(11(12)15)13-9-4-5-9/h9-10,13H,3-8H2,1-2H3,(H2,12,15). The SMILES string of the molecule is COCCCN(C)CC(NC1CC1)C(N)=O. The number of likely N-dealkylation sites (N-methyl/N-ethyl adjacent to an activating group) is 1. The molecule has 0 bridgehead atoms. The molecule has 1 amide bonds. The molecule has 1 rings (SSSR count). The van der Waals surface area contributed by atoms with E-state index in [0.29, 0.717) is 12.6 Å². The van der Waals surface area contributed by atoms with Crippen molar-refractivity contribution in [2.75, 3.05) is 33.9 Å². The van der Waals surface area contributed by atoms with Crippen molar-refractivity contribution in [2.45, 2.75) is 31.3 Å². The lowest BCUT2D eigenvalue weighted by molar-refractivity contribution is -0.120. The van der Waals surface area contributed by atoms with Gasteiger partial charge in [-0.15, -0.1) is 0 Å². The molecular weight excluding hydrogens is 206 g/mol. The third-order valence-electron chi connectivity index (χ3n) is 2.74. The monoisotopic (exact) mass is 229 g/mol. The van der Waals surface area contributed by atoms with Crippen LogP contribution in [0, 0.1) is 0 Å². The lowest BCUT2D eigenvalue weighted by Crippen LogP contribution is -2.49. The van der Waals surface area contributed by atoms with Gasteiger partial charge in [0.2, 0.25) is 5.91 Å². The van der Waals surface area contributed by atoms with Crippen molar-refractivity contribution < 1.29 is 9.53 Å². The molecule has 5 heteroatoms. The van der Waals surface area contributed by atoms with Crippen LogP contribution < -0.4 is 11.1 Å². The number of nitrogens with zero attached hydrogens (tertiary/aromatic N) is 1. The van der Waals surface area contributed by atoms with Gasteiger partial charge in [-0.2, -0.15) is 0 Å². The zero-order valence-electron chi connectivity index (χ0n) is 10.2. The summed E-state index contributed by atoms with van der Waals surface area (Å²) >= 11 is 0. The van der Waals surface area contributed by atoms with Gasteiger partial charge in [-0.05, 0) is 26.3 Å². The highest BCUT2D eigenvalue weighted by molar-refractivity contribution is 5.80. The van der Waals surface area contributed by atoms with E-state index in [1.54, 1.807) is 7.11 Å². The van der Waals surface area contributed by atoms with E-state index >= 15 is 0 Å². The molecule has 1 aliphatic rings. The van der Waals surface area contributed by atoms with E-state index in [-0.39, 0.29) is 11.9 Å². The molecule has 1 atom stereocenters. The van der Waals surface area contributed by atoms with E-state index in [0.717, 1.165) is 32.4 Å². The highest BCUT2D eigenvalue weighted by Gasteiger charge is 2.27. The summed E-state index contributed by atoms with van der Waals surface area (Å²) in [6, 6.07) is 0.282. The number of methoxy groups -OCH3 is 1. The van der Waals surface area contributed by atoms with Crippen molar-refractivity contribution in [2.24, 2.45) is 5.73 Å². The van der Waals surface area contributed by atoms with Gasteiger partial charge in [0.1, 0.15) is 0 Å². The van der Waals surface area contributed by atoms with Gasteiger partial charge in [0.15, 0.2) is 0 Å². The second kappa shape index (κ2) is 6.83. The number of carbonyl (C=O) groups excluding carboxylic acids is 1. The summed E-state index contributed by atoms with van der Waals surface area (Å²) in [7, 11) is 3.70. The molecule has 1 aliphatic carbocycles. The van der Waals surface area contributed by atoms with Crippen molar-refractivity contribution in [3.8, 4) is 0 Å². The Kier molecular flexibility index (Phi) is 5.73. The molecule has 94 valence electrons. The van der Waals surface area contributed by atoms with E-state index in [2.05, 4.69) is 10.2 Å². The molecule has 0 spiro atoms. The third kappa shape index (κ3) is 5.44. The number of nitrogens with two attached hydrogens (primary N) is 1. The Labute approximate surface area is 97.3 Å². The van der Waals surface area contributed by atoms with Crippen LogP contribution in [0.4, 0.5) is 0 Å². The Morgan fingerprint density at radius 3 is 2.81 bits per heavy atom. The van der Waals surface area contributed by atoms with Crippen LogP contribution in [0.1, 0.15) is 19.3 Å². The normalized spacial score (nSPS) is 17.7. The molecule has 3 N–H and O–H groups in total. The fraction of sp³-hybridized carbons (Fsp3) is 0.909. The van der Waals surface area contributed by atoms with Crippen molar-refractivity contribution in [3.05, 3.63) is 0 Å². The number of carbonyl (C=O) groups is 1. The first-order valence-electron chi connectivity index (χ1n) is 5.86. The van der Waals surface area contributed by atoms with Crippen molar-refractivity contribution in [3.63, 3.8) is 0 Å². The van der Waals surface area contributed by atoms with Gasteiger partial charge in [0, 0.05) is 32.8 Å². The molecule has 1 fully saturated rings. The van der Waals surface area contributed by atoms with Crippen LogP contribution in [-0.4, -0.2) is 56.7 Å². The maximum absolute atomic E-state index is 11.2. The van der Waals surface area contributed by atoms with E-state index in [1.165, 1.54) is 0 Å². The fourth-order valence-electron chi connectivity index (χ4n) is 1.64. The number of rotatable bonds is 9. The second-order valence-corrected chi connectivity index (χ2v) is 4.50. The zero-order chi connectivity index (χ0) is 12.0. The molecule has 0 aromatic rings. The van der Waals surface area contributed by atoms with Gasteiger partial charge in [0.05, 0.1) is 6.04 Å². The minimum atomic E-state index is -0.259. The van der Waals surface area contributed by atoms with E-state index < -0.39 is 0 Å². The van der Waals surface area contributed by atoms with Crippen LogP contribution in [-0.2, 0) is 9.53 Å². The van der Waals surface area contributed by atoms with Crippen molar-refractivity contribution in [1.82, 2.24) is 10.2 Å². The Morgan fingerprint density at radius 2 is 2.31 bits per heavy atom. The molecule has 0 radical (unpaired) electrons. The Morgan fingerprint density at radius 1 is 1.62 bits per heavy atom. The summed E-state index contributed by atoms with van der Waals surface area (Å²) in [5.41, 5.74) is 5.36. The smallest absolute Gasteiger partial charge is 0.235 e. The van der Waals surface area contributed by atoms with Gasteiger partial charge in [0.25, 0.3) is 0 Å². The highest BCUT2D eigenvalue weighted by atomic mass is 16.5. The molecule has 0 aromatic carbocycles. The maximum Gasteiger partial charge on any atom is 0.235 e. The van der Waals surface area contributed by atoms with Gasteiger partial charge in [-0.1, -0.05) is 0 Å². The minimum absolute atomic E-state index is 0.222. The average Bonchev–Trinajstić information content (AvgIpc) is 3.01.